The quantitative estimate of drug-likeness (QED) is 0.852. The van der Waals surface area contributed by atoms with E-state index in [0.717, 1.165) is 18.7 Å². The summed E-state index contributed by atoms with van der Waals surface area (Å²) in [6.07, 6.45) is 0.340. The zero-order valence-electron chi connectivity index (χ0n) is 13.4. The Morgan fingerprint density at radius 3 is 2.61 bits per heavy atom. The highest BCUT2D eigenvalue weighted by Gasteiger charge is 2.26. The van der Waals surface area contributed by atoms with Gasteiger partial charge in [-0.25, -0.2) is 9.55 Å². The summed E-state index contributed by atoms with van der Waals surface area (Å²) in [5.74, 6) is 0.271. The summed E-state index contributed by atoms with van der Waals surface area (Å²) in [7, 11) is 3.99. The molecule has 23 heavy (non-hydrogen) atoms. The van der Waals surface area contributed by atoms with Crippen molar-refractivity contribution in [3.8, 4) is 11.3 Å². The van der Waals surface area contributed by atoms with Gasteiger partial charge >= 0.3 is 0 Å². The van der Waals surface area contributed by atoms with Crippen LogP contribution in [0.25, 0.3) is 11.3 Å². The number of hydrogen-bond acceptors (Lipinski definition) is 5. The lowest BCUT2D eigenvalue weighted by atomic mass is 10.1. The van der Waals surface area contributed by atoms with E-state index in [1.54, 1.807) is 0 Å². The molecule has 0 N–H and O–H groups in total. The van der Waals surface area contributed by atoms with Crippen molar-refractivity contribution in [2.24, 2.45) is 0 Å². The van der Waals surface area contributed by atoms with E-state index in [0.29, 0.717) is 24.6 Å². The molecule has 0 bridgehead atoms. The standard InChI is InChI=1S/C17H20N4O2/c1-19(2)10-11-20-9-8-15(22)21-16(23)12-14(18-17(20)21)13-6-4-3-5-7-13/h3-7,12H,8-11H2,1-2H3. The van der Waals surface area contributed by atoms with Gasteiger partial charge in [-0.3, -0.25) is 9.59 Å². The van der Waals surface area contributed by atoms with E-state index in [2.05, 4.69) is 9.88 Å². The Morgan fingerprint density at radius 2 is 1.91 bits per heavy atom. The highest BCUT2D eigenvalue weighted by molar-refractivity contribution is 5.84. The van der Waals surface area contributed by atoms with E-state index in [-0.39, 0.29) is 11.5 Å². The van der Waals surface area contributed by atoms with Crippen molar-refractivity contribution < 1.29 is 4.79 Å². The van der Waals surface area contributed by atoms with Crippen LogP contribution < -0.4 is 10.5 Å². The Balaban J connectivity index is 2.05. The summed E-state index contributed by atoms with van der Waals surface area (Å²) in [6, 6.07) is 11.0. The smallest absolute Gasteiger partial charge is 0.262 e. The summed E-state index contributed by atoms with van der Waals surface area (Å²) in [5, 5.41) is 0. The molecule has 0 radical (unpaired) electrons. The van der Waals surface area contributed by atoms with Gasteiger partial charge in [-0.15, -0.1) is 0 Å². The Bertz CT molecular complexity index is 768. The number of hydrogen-bond donors (Lipinski definition) is 0. The van der Waals surface area contributed by atoms with Crippen LogP contribution in [0.1, 0.15) is 11.2 Å². The lowest BCUT2D eigenvalue weighted by Crippen LogP contribution is -2.44. The van der Waals surface area contributed by atoms with E-state index in [1.807, 2.05) is 49.3 Å². The first kappa shape index (κ1) is 15.4. The van der Waals surface area contributed by atoms with E-state index in [9.17, 15) is 9.59 Å². The van der Waals surface area contributed by atoms with Crippen LogP contribution in [0.5, 0.6) is 0 Å². The molecule has 6 nitrogen and oxygen atoms in total. The molecule has 6 heteroatoms. The summed E-state index contributed by atoms with van der Waals surface area (Å²) in [5.41, 5.74) is 1.17. The second-order valence-corrected chi connectivity index (χ2v) is 5.92. The molecule has 1 aliphatic rings. The Hall–Kier alpha value is -2.47. The summed E-state index contributed by atoms with van der Waals surface area (Å²) >= 11 is 0. The van der Waals surface area contributed by atoms with Gasteiger partial charge < -0.3 is 9.80 Å². The molecule has 2 heterocycles. The number of aromatic nitrogens is 2. The van der Waals surface area contributed by atoms with E-state index in [4.69, 9.17) is 0 Å². The molecule has 0 aliphatic carbocycles. The van der Waals surface area contributed by atoms with Gasteiger partial charge in [0, 0.05) is 37.7 Å². The molecule has 0 saturated heterocycles. The van der Waals surface area contributed by atoms with Gasteiger partial charge in [0.05, 0.1) is 5.69 Å². The van der Waals surface area contributed by atoms with Gasteiger partial charge in [0.25, 0.3) is 5.56 Å². The number of fused-ring (bicyclic) bond motifs is 1. The van der Waals surface area contributed by atoms with Crippen molar-refractivity contribution in [1.82, 2.24) is 14.5 Å². The SMILES string of the molecule is CN(C)CCN1CCC(=O)n2c1nc(-c1ccccc1)cc2=O. The molecular weight excluding hydrogens is 292 g/mol. The second kappa shape index (κ2) is 6.34. The minimum atomic E-state index is -0.312. The van der Waals surface area contributed by atoms with Crippen LogP contribution in [-0.4, -0.2) is 54.1 Å². The predicted octanol–water partition coefficient (Wildman–Crippen LogP) is 1.32. The fraction of sp³-hybridized carbons (Fsp3) is 0.353. The third-order valence-corrected chi connectivity index (χ3v) is 3.92. The highest BCUT2D eigenvalue weighted by Crippen LogP contribution is 2.21. The molecule has 0 spiro atoms. The third-order valence-electron chi connectivity index (χ3n) is 3.92. The lowest BCUT2D eigenvalue weighted by molar-refractivity contribution is 0.0890. The molecule has 1 aliphatic heterocycles. The maximum atomic E-state index is 12.4. The Labute approximate surface area is 135 Å². The van der Waals surface area contributed by atoms with Gasteiger partial charge in [0.15, 0.2) is 0 Å². The average molecular weight is 312 g/mol. The first-order valence-electron chi connectivity index (χ1n) is 7.68. The lowest BCUT2D eigenvalue weighted by Gasteiger charge is -2.30. The third kappa shape index (κ3) is 3.17. The fourth-order valence-corrected chi connectivity index (χ4v) is 2.65. The predicted molar refractivity (Wildman–Crippen MR) is 89.9 cm³/mol. The first-order valence-corrected chi connectivity index (χ1v) is 7.68. The Morgan fingerprint density at radius 1 is 1.17 bits per heavy atom. The van der Waals surface area contributed by atoms with Crippen LogP contribution >= 0.6 is 0 Å². The number of benzene rings is 1. The number of nitrogens with zero attached hydrogens (tertiary/aromatic N) is 4. The number of anilines is 1. The second-order valence-electron chi connectivity index (χ2n) is 5.92. The summed E-state index contributed by atoms with van der Waals surface area (Å²) in [6.45, 7) is 2.15. The number of rotatable bonds is 4. The number of carbonyl (C=O) groups excluding carboxylic acids is 1. The van der Waals surface area contributed by atoms with Gasteiger partial charge in [-0.2, -0.15) is 0 Å². The molecule has 1 aromatic carbocycles. The first-order chi connectivity index (χ1) is 11.1. The molecule has 3 rings (SSSR count). The van der Waals surface area contributed by atoms with Gasteiger partial charge in [-0.1, -0.05) is 30.3 Å². The highest BCUT2D eigenvalue weighted by atomic mass is 16.2. The molecule has 120 valence electrons. The normalized spacial score (nSPS) is 14.2. The van der Waals surface area contributed by atoms with Crippen molar-refractivity contribution in [3.05, 3.63) is 46.8 Å². The summed E-state index contributed by atoms with van der Waals surface area (Å²) < 4.78 is 1.20. The van der Waals surface area contributed by atoms with Crippen LogP contribution in [0.4, 0.5) is 5.95 Å². The largest absolute Gasteiger partial charge is 0.340 e. The minimum absolute atomic E-state index is 0.182. The molecule has 0 saturated carbocycles. The van der Waals surface area contributed by atoms with Crippen LogP contribution in [0.2, 0.25) is 0 Å². The molecule has 0 fully saturated rings. The molecule has 0 amide bonds. The van der Waals surface area contributed by atoms with E-state index >= 15 is 0 Å². The summed E-state index contributed by atoms with van der Waals surface area (Å²) in [4.78, 5) is 33.2. The molecule has 0 atom stereocenters. The fourth-order valence-electron chi connectivity index (χ4n) is 2.65. The molecule has 2 aromatic rings. The van der Waals surface area contributed by atoms with Crippen molar-refractivity contribution in [2.75, 3.05) is 38.6 Å². The van der Waals surface area contributed by atoms with Crippen LogP contribution in [-0.2, 0) is 0 Å². The minimum Gasteiger partial charge on any atom is -0.340 e. The zero-order valence-corrected chi connectivity index (χ0v) is 13.4. The van der Waals surface area contributed by atoms with Crippen molar-refractivity contribution in [2.45, 2.75) is 6.42 Å². The van der Waals surface area contributed by atoms with E-state index in [1.165, 1.54) is 10.6 Å². The number of likely N-dealkylation sites (N-methyl/N-ethyl adjacent to an activating group) is 1. The molecule has 0 unspecified atom stereocenters. The molecule has 1 aromatic heterocycles. The van der Waals surface area contributed by atoms with Gasteiger partial charge in [-0.05, 0) is 14.1 Å². The van der Waals surface area contributed by atoms with Crippen LogP contribution in [0.15, 0.2) is 41.2 Å². The Kier molecular flexibility index (Phi) is 4.25. The maximum Gasteiger partial charge on any atom is 0.262 e. The van der Waals surface area contributed by atoms with Crippen LogP contribution in [0.3, 0.4) is 0 Å². The van der Waals surface area contributed by atoms with Crippen molar-refractivity contribution in [3.63, 3.8) is 0 Å². The van der Waals surface area contributed by atoms with Crippen LogP contribution in [0, 0.1) is 0 Å². The van der Waals surface area contributed by atoms with Gasteiger partial charge in [0.2, 0.25) is 11.9 Å². The van der Waals surface area contributed by atoms with Crippen molar-refractivity contribution >= 4 is 11.9 Å². The molecular formula is C17H20N4O2. The number of carbonyl (C=O) groups is 1. The maximum absolute atomic E-state index is 12.4. The zero-order chi connectivity index (χ0) is 16.4. The van der Waals surface area contributed by atoms with Gasteiger partial charge in [0.1, 0.15) is 0 Å². The van der Waals surface area contributed by atoms with E-state index < -0.39 is 0 Å². The topological polar surface area (TPSA) is 58.4 Å². The average Bonchev–Trinajstić information content (AvgIpc) is 2.54. The van der Waals surface area contributed by atoms with Crippen molar-refractivity contribution in [1.29, 1.82) is 0 Å². The monoisotopic (exact) mass is 312 g/mol.